The number of carbonyl (C=O) groups excluding carboxylic acids is 2. The average molecular weight is 269 g/mol. The van der Waals surface area contributed by atoms with Gasteiger partial charge in [-0.25, -0.2) is 0 Å². The number of hydrogen-bond acceptors (Lipinski definition) is 3. The van der Waals surface area contributed by atoms with Crippen LogP contribution < -0.4 is 0 Å². The normalized spacial score (nSPS) is 38.1. The molecule has 0 amide bonds. The summed E-state index contributed by atoms with van der Waals surface area (Å²) in [5.74, 6) is 3.02. The van der Waals surface area contributed by atoms with Gasteiger partial charge in [-0.15, -0.1) is 0 Å². The fourth-order valence-corrected chi connectivity index (χ4v) is 6.19. The van der Waals surface area contributed by atoms with E-state index in [0.717, 1.165) is 12.8 Å². The maximum atomic E-state index is 12.7. The highest BCUT2D eigenvalue weighted by Crippen LogP contribution is 2.58. The molecule has 2 bridgehead atoms. The molecule has 2 saturated heterocycles. The van der Waals surface area contributed by atoms with E-state index in [0.29, 0.717) is 5.75 Å². The van der Waals surface area contributed by atoms with Crippen LogP contribution in [0.2, 0.25) is 0 Å². The fourth-order valence-electron chi connectivity index (χ4n) is 3.87. The van der Waals surface area contributed by atoms with Crippen LogP contribution in [0.1, 0.15) is 39.5 Å². The molecule has 4 heteroatoms. The lowest BCUT2D eigenvalue weighted by atomic mass is 9.73. The lowest BCUT2D eigenvalue weighted by molar-refractivity contribution is -0.164. The zero-order valence-electron chi connectivity index (χ0n) is 11.2. The summed E-state index contributed by atoms with van der Waals surface area (Å²) in [7, 11) is 0.252. The van der Waals surface area contributed by atoms with Crippen LogP contribution >= 0.6 is 0 Å². The minimum atomic E-state index is -0.787. The molecule has 0 spiro atoms. The molecule has 18 heavy (non-hydrogen) atoms. The summed E-state index contributed by atoms with van der Waals surface area (Å²) in [6, 6.07) is 0. The number of rotatable bonds is 3. The van der Waals surface area contributed by atoms with Crippen LogP contribution in [0.4, 0.5) is 0 Å². The maximum Gasteiger partial charge on any atom is 0.310 e. The van der Waals surface area contributed by atoms with E-state index in [2.05, 4.69) is 0 Å². The van der Waals surface area contributed by atoms with E-state index in [4.69, 9.17) is 4.74 Å². The Labute approximate surface area is 111 Å². The summed E-state index contributed by atoms with van der Waals surface area (Å²) >= 11 is 0. The molecule has 0 radical (unpaired) electrons. The second kappa shape index (κ2) is 3.99. The minimum Gasteiger partial charge on any atom is -0.450 e. The summed E-state index contributed by atoms with van der Waals surface area (Å²) in [5, 5.41) is 0. The highest BCUT2D eigenvalue weighted by molar-refractivity contribution is 7.97. The molecule has 0 aromatic heterocycles. The minimum absolute atomic E-state index is 0.0617. The highest BCUT2D eigenvalue weighted by atomic mass is 32.2. The van der Waals surface area contributed by atoms with E-state index in [1.54, 1.807) is 0 Å². The Morgan fingerprint density at radius 2 is 2.06 bits per heavy atom. The summed E-state index contributed by atoms with van der Waals surface area (Å²) in [4.78, 5) is 24.5. The Kier molecular flexibility index (Phi) is 2.78. The quantitative estimate of drug-likeness (QED) is 0.578. The molecule has 1 saturated carbocycles. The van der Waals surface area contributed by atoms with E-state index < -0.39 is 5.60 Å². The second-order valence-corrected chi connectivity index (χ2v) is 8.69. The lowest BCUT2D eigenvalue weighted by Crippen LogP contribution is -2.49. The second-order valence-electron chi connectivity index (χ2n) is 6.36. The van der Waals surface area contributed by atoms with Crippen molar-refractivity contribution < 1.29 is 14.3 Å². The van der Waals surface area contributed by atoms with Crippen molar-refractivity contribution in [2.75, 3.05) is 17.3 Å². The van der Waals surface area contributed by atoms with Gasteiger partial charge in [0.25, 0.3) is 0 Å². The van der Waals surface area contributed by atoms with Gasteiger partial charge >= 0.3 is 5.97 Å². The molecule has 3 aliphatic rings. The van der Waals surface area contributed by atoms with E-state index in [1.807, 2.05) is 13.8 Å². The van der Waals surface area contributed by atoms with Crippen LogP contribution in [0.15, 0.2) is 0 Å². The van der Waals surface area contributed by atoms with Gasteiger partial charge in [0.2, 0.25) is 5.78 Å². The Hall–Kier alpha value is -0.510. The number of ketones is 1. The lowest BCUT2D eigenvalue weighted by Gasteiger charge is -2.33. The van der Waals surface area contributed by atoms with Crippen molar-refractivity contribution in [3.63, 3.8) is 0 Å². The van der Waals surface area contributed by atoms with Gasteiger partial charge in [-0.1, -0.05) is 13.8 Å². The topological polar surface area (TPSA) is 43.4 Å². The monoisotopic (exact) mass is 269 g/mol. The van der Waals surface area contributed by atoms with Gasteiger partial charge in [0.15, 0.2) is 11.4 Å². The van der Waals surface area contributed by atoms with Crippen LogP contribution in [0.5, 0.6) is 0 Å². The first-order chi connectivity index (χ1) is 8.47. The summed E-state index contributed by atoms with van der Waals surface area (Å²) in [6.07, 6.45) is 4.09. The SMILES string of the molecule is CC1(C)C2CCC1(C(=O)C[S+]1CCCC1)OC2=O. The van der Waals surface area contributed by atoms with Crippen molar-refractivity contribution in [2.24, 2.45) is 11.3 Å². The third-order valence-corrected chi connectivity index (χ3v) is 7.56. The smallest absolute Gasteiger partial charge is 0.310 e. The molecule has 3 rings (SSSR count). The number of hydrogen-bond donors (Lipinski definition) is 0. The third-order valence-electron chi connectivity index (χ3n) is 5.16. The van der Waals surface area contributed by atoms with Gasteiger partial charge < -0.3 is 4.74 Å². The van der Waals surface area contributed by atoms with Gasteiger partial charge in [-0.3, -0.25) is 9.59 Å². The standard InChI is InChI=1S/C14H21O3S/c1-13(2)10-5-6-14(13,17-12(10)16)11(15)9-18-7-3-4-8-18/h10H,3-9H2,1-2H3/q+1. The number of ether oxygens (including phenoxy) is 1. The molecule has 0 aromatic carbocycles. The van der Waals surface area contributed by atoms with Crippen LogP contribution in [0, 0.1) is 11.3 Å². The van der Waals surface area contributed by atoms with Gasteiger partial charge in [0.05, 0.1) is 5.92 Å². The molecule has 2 atom stereocenters. The Bertz CT molecular complexity index is 398. The summed E-state index contributed by atoms with van der Waals surface area (Å²) < 4.78 is 5.55. The van der Waals surface area contributed by atoms with Gasteiger partial charge in [-0.05, 0) is 36.6 Å². The molecule has 0 aromatic rings. The molecule has 1 aliphatic carbocycles. The summed E-state index contributed by atoms with van der Waals surface area (Å²) in [6.45, 7) is 4.07. The first kappa shape index (κ1) is 12.5. The maximum absolute atomic E-state index is 12.7. The van der Waals surface area contributed by atoms with Crippen LogP contribution in [-0.4, -0.2) is 34.6 Å². The van der Waals surface area contributed by atoms with Gasteiger partial charge in [-0.2, -0.15) is 0 Å². The Morgan fingerprint density at radius 3 is 2.56 bits per heavy atom. The molecule has 100 valence electrons. The highest BCUT2D eigenvalue weighted by Gasteiger charge is 2.69. The molecule has 3 fully saturated rings. The largest absolute Gasteiger partial charge is 0.450 e. The van der Waals surface area contributed by atoms with Crippen molar-refractivity contribution in [1.82, 2.24) is 0 Å². The number of Topliss-reactive ketones (excluding diaryl/α,β-unsaturated/α-hetero) is 1. The van der Waals surface area contributed by atoms with Gasteiger partial charge in [0, 0.05) is 5.41 Å². The Balaban J connectivity index is 1.81. The van der Waals surface area contributed by atoms with E-state index in [-0.39, 0.29) is 34.0 Å². The average Bonchev–Trinajstić information content (AvgIpc) is 2.92. The molecule has 2 unspecified atom stereocenters. The van der Waals surface area contributed by atoms with Crippen molar-refractivity contribution in [3.8, 4) is 0 Å². The zero-order chi connectivity index (χ0) is 13.0. The van der Waals surface area contributed by atoms with Crippen molar-refractivity contribution in [3.05, 3.63) is 0 Å². The third kappa shape index (κ3) is 1.50. The molecular weight excluding hydrogens is 248 g/mol. The van der Waals surface area contributed by atoms with E-state index in [1.165, 1.54) is 24.3 Å². The van der Waals surface area contributed by atoms with Crippen molar-refractivity contribution in [1.29, 1.82) is 0 Å². The number of esters is 1. The first-order valence-electron chi connectivity index (χ1n) is 6.88. The van der Waals surface area contributed by atoms with Gasteiger partial charge in [0.1, 0.15) is 11.5 Å². The van der Waals surface area contributed by atoms with Crippen LogP contribution in [0.3, 0.4) is 0 Å². The zero-order valence-corrected chi connectivity index (χ0v) is 12.0. The van der Waals surface area contributed by atoms with Crippen molar-refractivity contribution in [2.45, 2.75) is 45.1 Å². The summed E-state index contributed by atoms with van der Waals surface area (Å²) in [5.41, 5.74) is -1.09. The molecular formula is C14H21O3S+. The predicted molar refractivity (Wildman–Crippen MR) is 71.5 cm³/mol. The first-order valence-corrected chi connectivity index (χ1v) is 8.61. The molecule has 2 aliphatic heterocycles. The van der Waals surface area contributed by atoms with Crippen LogP contribution in [0.25, 0.3) is 0 Å². The molecule has 0 N–H and O–H groups in total. The fraction of sp³-hybridized carbons (Fsp3) is 0.857. The molecule has 3 nitrogen and oxygen atoms in total. The molecule has 2 heterocycles. The Morgan fingerprint density at radius 1 is 1.39 bits per heavy atom. The number of fused-ring (bicyclic) bond motifs is 2. The van der Waals surface area contributed by atoms with E-state index >= 15 is 0 Å². The van der Waals surface area contributed by atoms with Crippen LogP contribution in [-0.2, 0) is 25.2 Å². The van der Waals surface area contributed by atoms with Crippen molar-refractivity contribution >= 4 is 22.6 Å². The van der Waals surface area contributed by atoms with E-state index in [9.17, 15) is 9.59 Å². The predicted octanol–water partition coefficient (Wildman–Crippen LogP) is 1.70. The number of carbonyl (C=O) groups is 2.